The second kappa shape index (κ2) is 6.52. The molecule has 146 valence electrons. The number of anilines is 1. The molecule has 0 heterocycles. The zero-order valence-corrected chi connectivity index (χ0v) is 17.1. The highest BCUT2D eigenvalue weighted by Crippen LogP contribution is 2.62. The van der Waals surface area contributed by atoms with Gasteiger partial charge in [-0.25, -0.2) is 4.79 Å². The summed E-state index contributed by atoms with van der Waals surface area (Å²) in [5, 5.41) is 7.08. The topological polar surface area (TPSA) is 41.1 Å². The highest BCUT2D eigenvalue weighted by Gasteiger charge is 2.58. The Hall–Kier alpha value is -2.00. The number of halogens is 1. The first kappa shape index (κ1) is 18.1. The summed E-state index contributed by atoms with van der Waals surface area (Å²) in [6, 6.07) is 16.3. The molecular weight excluding hydrogens is 368 g/mol. The highest BCUT2D eigenvalue weighted by molar-refractivity contribution is 6.30. The van der Waals surface area contributed by atoms with Gasteiger partial charge < -0.3 is 10.6 Å². The minimum absolute atomic E-state index is 0.0779. The van der Waals surface area contributed by atoms with Crippen LogP contribution >= 0.6 is 11.6 Å². The van der Waals surface area contributed by atoms with Crippen LogP contribution in [-0.4, -0.2) is 11.6 Å². The number of rotatable bonds is 3. The van der Waals surface area contributed by atoms with Crippen LogP contribution < -0.4 is 10.6 Å². The number of aryl methyl sites for hydroxylation is 1. The quantitative estimate of drug-likeness (QED) is 0.652. The molecule has 0 aromatic heterocycles. The van der Waals surface area contributed by atoms with E-state index in [-0.39, 0.29) is 17.0 Å². The Morgan fingerprint density at radius 2 is 1.61 bits per heavy atom. The molecule has 0 saturated heterocycles. The molecule has 28 heavy (non-hydrogen) atoms. The third-order valence-electron chi connectivity index (χ3n) is 7.21. The van der Waals surface area contributed by atoms with Crippen LogP contribution in [0.3, 0.4) is 0 Å². The van der Waals surface area contributed by atoms with Crippen molar-refractivity contribution in [3.63, 3.8) is 0 Å². The molecule has 4 fully saturated rings. The van der Waals surface area contributed by atoms with E-state index < -0.39 is 0 Å². The van der Waals surface area contributed by atoms with E-state index >= 15 is 0 Å². The van der Waals surface area contributed by atoms with Crippen LogP contribution in [0.15, 0.2) is 48.5 Å². The first-order chi connectivity index (χ1) is 13.4. The van der Waals surface area contributed by atoms with Crippen molar-refractivity contribution in [2.45, 2.75) is 56.4 Å². The second-order valence-corrected chi connectivity index (χ2v) is 9.91. The second-order valence-electron chi connectivity index (χ2n) is 9.47. The Bertz CT molecular complexity index is 876. The standard InChI is InChI=1S/C24H27ClN2O/c1-16-2-4-19(5-3-16)23-11-17-10-18(12-23)14-24(13-17,15-23)27-22(28)26-21-8-6-20(25)7-9-21/h2-9,17-18H,10-15H2,1H3,(H2,26,27,28)/t17-,18+,23?,24?. The summed E-state index contributed by atoms with van der Waals surface area (Å²) in [5.41, 5.74) is 3.71. The molecule has 2 N–H and O–H groups in total. The third-order valence-corrected chi connectivity index (χ3v) is 7.46. The van der Waals surface area contributed by atoms with Gasteiger partial charge in [-0.2, -0.15) is 0 Å². The Morgan fingerprint density at radius 3 is 2.25 bits per heavy atom. The first-order valence-electron chi connectivity index (χ1n) is 10.4. The number of benzene rings is 2. The highest BCUT2D eigenvalue weighted by atomic mass is 35.5. The van der Waals surface area contributed by atoms with Crippen molar-refractivity contribution < 1.29 is 4.79 Å². The van der Waals surface area contributed by atoms with Crippen LogP contribution in [0.25, 0.3) is 0 Å². The summed E-state index contributed by atoms with van der Waals surface area (Å²) in [6.45, 7) is 2.15. The van der Waals surface area contributed by atoms with Crippen LogP contribution in [0.4, 0.5) is 10.5 Å². The van der Waals surface area contributed by atoms with Gasteiger partial charge in [-0.05, 0) is 92.5 Å². The predicted molar refractivity (Wildman–Crippen MR) is 114 cm³/mol. The van der Waals surface area contributed by atoms with Gasteiger partial charge in [0.05, 0.1) is 0 Å². The number of carbonyl (C=O) groups is 1. The fourth-order valence-corrected chi connectivity index (χ4v) is 6.72. The van der Waals surface area contributed by atoms with Gasteiger partial charge in [-0.3, -0.25) is 0 Å². The number of amides is 2. The Morgan fingerprint density at radius 1 is 0.964 bits per heavy atom. The van der Waals surface area contributed by atoms with E-state index in [4.69, 9.17) is 11.6 Å². The SMILES string of the molecule is Cc1ccc(C23C[C@@H]4C[C@@H](CC(NC(=O)Nc5ccc(Cl)cc5)(C4)C2)C3)cc1. The molecule has 0 radical (unpaired) electrons. The molecule has 4 aliphatic rings. The first-order valence-corrected chi connectivity index (χ1v) is 10.7. The van der Waals surface area contributed by atoms with Crippen molar-refractivity contribution in [2.75, 3.05) is 5.32 Å². The van der Waals surface area contributed by atoms with E-state index in [0.29, 0.717) is 5.02 Å². The summed E-state index contributed by atoms with van der Waals surface area (Å²) in [6.07, 6.45) is 7.17. The lowest BCUT2D eigenvalue weighted by Gasteiger charge is -2.62. The van der Waals surface area contributed by atoms with E-state index in [1.165, 1.54) is 30.4 Å². The molecule has 4 saturated carbocycles. The number of carbonyl (C=O) groups excluding carboxylic acids is 1. The van der Waals surface area contributed by atoms with Crippen LogP contribution in [0.1, 0.15) is 49.7 Å². The molecule has 4 bridgehead atoms. The maximum Gasteiger partial charge on any atom is 0.319 e. The monoisotopic (exact) mass is 394 g/mol. The average Bonchev–Trinajstić information content (AvgIpc) is 2.62. The van der Waals surface area contributed by atoms with Crippen molar-refractivity contribution in [2.24, 2.45) is 11.8 Å². The van der Waals surface area contributed by atoms with E-state index in [1.54, 1.807) is 12.1 Å². The number of urea groups is 1. The summed E-state index contributed by atoms with van der Waals surface area (Å²) in [4.78, 5) is 12.8. The zero-order chi connectivity index (χ0) is 19.4. The summed E-state index contributed by atoms with van der Waals surface area (Å²) < 4.78 is 0. The number of hydrogen-bond acceptors (Lipinski definition) is 1. The fourth-order valence-electron chi connectivity index (χ4n) is 6.59. The van der Waals surface area contributed by atoms with Crippen LogP contribution in [0.2, 0.25) is 5.02 Å². The molecule has 3 nitrogen and oxygen atoms in total. The summed E-state index contributed by atoms with van der Waals surface area (Å²) in [7, 11) is 0. The third kappa shape index (κ3) is 3.20. The fraction of sp³-hybridized carbons (Fsp3) is 0.458. The molecule has 0 spiro atoms. The molecular formula is C24H27ClN2O. The minimum Gasteiger partial charge on any atom is -0.332 e. The largest absolute Gasteiger partial charge is 0.332 e. The molecule has 6 rings (SSSR count). The molecule has 2 aromatic rings. The molecule has 2 aromatic carbocycles. The molecule has 2 unspecified atom stereocenters. The molecule has 4 aliphatic carbocycles. The van der Waals surface area contributed by atoms with Gasteiger partial charge in [0.25, 0.3) is 0 Å². The van der Waals surface area contributed by atoms with Crippen molar-refractivity contribution in [1.29, 1.82) is 0 Å². The maximum absolute atomic E-state index is 12.8. The van der Waals surface area contributed by atoms with Crippen LogP contribution in [0, 0.1) is 18.8 Å². The van der Waals surface area contributed by atoms with E-state index in [2.05, 4.69) is 41.8 Å². The van der Waals surface area contributed by atoms with E-state index in [9.17, 15) is 4.79 Å². The Kier molecular flexibility index (Phi) is 4.20. The molecule has 4 heteroatoms. The van der Waals surface area contributed by atoms with Gasteiger partial charge in [0.2, 0.25) is 0 Å². The van der Waals surface area contributed by atoms with Gasteiger partial charge in [0.15, 0.2) is 0 Å². The Labute approximate surface area is 171 Å². The summed E-state index contributed by atoms with van der Waals surface area (Å²) >= 11 is 5.95. The van der Waals surface area contributed by atoms with E-state index in [1.807, 2.05) is 12.1 Å². The normalized spacial score (nSPS) is 32.9. The maximum atomic E-state index is 12.8. The van der Waals surface area contributed by atoms with Gasteiger partial charge >= 0.3 is 6.03 Å². The molecule has 4 atom stereocenters. The minimum atomic E-state index is -0.0941. The lowest BCUT2D eigenvalue weighted by molar-refractivity contribution is -0.0343. The van der Waals surface area contributed by atoms with Gasteiger partial charge in [-0.1, -0.05) is 41.4 Å². The lowest BCUT2D eigenvalue weighted by atomic mass is 9.45. The van der Waals surface area contributed by atoms with Gasteiger partial charge in [-0.15, -0.1) is 0 Å². The smallest absolute Gasteiger partial charge is 0.319 e. The van der Waals surface area contributed by atoms with Crippen molar-refractivity contribution in [3.8, 4) is 0 Å². The predicted octanol–water partition coefficient (Wildman–Crippen LogP) is 6.06. The van der Waals surface area contributed by atoms with Crippen LogP contribution in [0.5, 0.6) is 0 Å². The summed E-state index contributed by atoms with van der Waals surface area (Å²) in [5.74, 6) is 1.44. The zero-order valence-electron chi connectivity index (χ0n) is 16.3. The average molecular weight is 395 g/mol. The van der Waals surface area contributed by atoms with Gasteiger partial charge in [0, 0.05) is 16.2 Å². The van der Waals surface area contributed by atoms with Crippen molar-refractivity contribution >= 4 is 23.3 Å². The van der Waals surface area contributed by atoms with E-state index in [0.717, 1.165) is 36.8 Å². The van der Waals surface area contributed by atoms with Crippen LogP contribution in [-0.2, 0) is 5.41 Å². The van der Waals surface area contributed by atoms with Crippen molar-refractivity contribution in [3.05, 3.63) is 64.7 Å². The molecule has 0 aliphatic heterocycles. The number of hydrogen-bond donors (Lipinski definition) is 2. The Balaban J connectivity index is 1.38. The lowest BCUT2D eigenvalue weighted by Crippen LogP contribution is -2.64. The number of nitrogens with one attached hydrogen (secondary N) is 2. The van der Waals surface area contributed by atoms with Crippen molar-refractivity contribution in [1.82, 2.24) is 5.32 Å². The van der Waals surface area contributed by atoms with Gasteiger partial charge in [0.1, 0.15) is 0 Å². The molecule has 2 amide bonds.